The van der Waals surface area contributed by atoms with Gasteiger partial charge < -0.3 is 15.1 Å². The van der Waals surface area contributed by atoms with Crippen molar-refractivity contribution < 1.29 is 10.2 Å². The van der Waals surface area contributed by atoms with Crippen LogP contribution < -0.4 is 4.90 Å². The van der Waals surface area contributed by atoms with E-state index in [9.17, 15) is 10.2 Å². The molecule has 4 aliphatic rings. The summed E-state index contributed by atoms with van der Waals surface area (Å²) in [5, 5.41) is 27.8. The van der Waals surface area contributed by atoms with Crippen LogP contribution in [-0.2, 0) is 29.5 Å². The number of aliphatic hydroxyl groups is 2. The van der Waals surface area contributed by atoms with Crippen molar-refractivity contribution in [1.82, 2.24) is 0 Å². The second-order valence-corrected chi connectivity index (χ2v) is 19.0. The number of anilines is 3. The molecule has 0 radical (unpaired) electrons. The second-order valence-electron chi connectivity index (χ2n) is 19.0. The Morgan fingerprint density at radius 3 is 1.84 bits per heavy atom. The van der Waals surface area contributed by atoms with Gasteiger partial charge in [0, 0.05) is 17.0 Å². The van der Waals surface area contributed by atoms with Crippen LogP contribution in [0.5, 0.6) is 0 Å². The third-order valence-corrected chi connectivity index (χ3v) is 14.4. The number of hydrogen-bond donors (Lipinski definition) is 2. The fourth-order valence-electron chi connectivity index (χ4n) is 11.6. The lowest BCUT2D eigenvalue weighted by molar-refractivity contribution is 0.0731. The summed E-state index contributed by atoms with van der Waals surface area (Å²) in [6.07, 6.45) is 17.8. The van der Waals surface area contributed by atoms with Crippen molar-refractivity contribution in [3.63, 3.8) is 0 Å². The lowest BCUT2D eigenvalue weighted by Gasteiger charge is -2.52. The number of fused-ring (bicyclic) bond motifs is 2. The highest BCUT2D eigenvalue weighted by molar-refractivity contribution is 6.06. The van der Waals surface area contributed by atoms with E-state index in [-0.39, 0.29) is 11.8 Å². The van der Waals surface area contributed by atoms with Crippen LogP contribution in [0.1, 0.15) is 90.3 Å². The van der Waals surface area contributed by atoms with E-state index in [0.717, 1.165) is 52.2 Å². The van der Waals surface area contributed by atoms with Gasteiger partial charge in [0.25, 0.3) is 0 Å². The summed E-state index contributed by atoms with van der Waals surface area (Å²) in [7, 11) is 0. The predicted molar refractivity (Wildman–Crippen MR) is 263 cm³/mol. The minimum Gasteiger partial charge on any atom is -0.386 e. The predicted octanol–water partition coefficient (Wildman–Crippen LogP) is 14.1. The topological polar surface area (TPSA) is 43.7 Å². The van der Waals surface area contributed by atoms with Crippen LogP contribution in [0.4, 0.5) is 17.1 Å². The van der Waals surface area contributed by atoms with Crippen LogP contribution in [0.25, 0.3) is 39.6 Å². The SMILES string of the molecule is CC1C(c2ccccc2)=CC=CC1C1(c2ccccc2)c2ccccc2N(c2c(C(C)(C)O)cc(-c3cc4c5c(ccc6c5c3CC=C6)CC=C4)cc2C(C)(C)O)c2ccccc21. The third-order valence-electron chi connectivity index (χ3n) is 14.4. The quantitative estimate of drug-likeness (QED) is 0.168. The lowest BCUT2D eigenvalue weighted by atomic mass is 9.55. The normalized spacial score (nSPS) is 18.3. The molecule has 0 amide bonds. The van der Waals surface area contributed by atoms with Crippen molar-refractivity contribution in [1.29, 1.82) is 0 Å². The molecule has 11 rings (SSSR count). The van der Waals surface area contributed by atoms with Crippen molar-refractivity contribution in [3.05, 3.63) is 226 Å². The van der Waals surface area contributed by atoms with Gasteiger partial charge in [0.05, 0.1) is 33.7 Å². The van der Waals surface area contributed by atoms with Gasteiger partial charge in [0.15, 0.2) is 0 Å². The van der Waals surface area contributed by atoms with Gasteiger partial charge >= 0.3 is 0 Å². The standard InChI is InChI=1S/C60H53NO2/c1-38-45(39-19-8-6-9-20-39)26-18-30-48(38)60(44-24-10-7-11-25-44)49-28-12-14-31-53(49)61(54-32-15-13-29-50(54)60)57-51(58(2,3)62)36-43(37-52(57)59(4,5)63)47-35-42-23-16-21-40-33-34-41-22-17-27-46(47)56(41)55(40)42/h6-20,22-26,28-38,48,62-63H,21,27H2,1-5H3. The minimum absolute atomic E-state index is 0.0360. The summed E-state index contributed by atoms with van der Waals surface area (Å²) in [6, 6.07) is 50.8. The van der Waals surface area contributed by atoms with Crippen molar-refractivity contribution in [2.24, 2.45) is 11.8 Å². The number of benzene rings is 7. The van der Waals surface area contributed by atoms with Crippen molar-refractivity contribution in [2.75, 3.05) is 4.90 Å². The molecule has 3 nitrogen and oxygen atoms in total. The highest BCUT2D eigenvalue weighted by Crippen LogP contribution is 2.62. The average Bonchev–Trinajstić information content (AvgIpc) is 3.30. The van der Waals surface area contributed by atoms with E-state index in [1.54, 1.807) is 0 Å². The molecule has 0 bridgehead atoms. The van der Waals surface area contributed by atoms with Gasteiger partial charge in [-0.2, -0.15) is 0 Å². The maximum atomic E-state index is 12.6. The molecule has 2 unspecified atom stereocenters. The smallest absolute Gasteiger partial charge is 0.0861 e. The molecule has 1 heterocycles. The summed E-state index contributed by atoms with van der Waals surface area (Å²) < 4.78 is 0. The maximum absolute atomic E-state index is 12.6. The van der Waals surface area contributed by atoms with Gasteiger partial charge in [-0.15, -0.1) is 0 Å². The first-order valence-corrected chi connectivity index (χ1v) is 22.5. The molecule has 310 valence electrons. The van der Waals surface area contributed by atoms with E-state index in [2.05, 4.69) is 194 Å². The van der Waals surface area contributed by atoms with E-state index in [1.807, 2.05) is 27.7 Å². The molecule has 0 fully saturated rings. The molecule has 3 aliphatic carbocycles. The number of hydrogen-bond acceptors (Lipinski definition) is 3. The molecule has 7 aromatic carbocycles. The Labute approximate surface area is 371 Å². The zero-order valence-electron chi connectivity index (χ0n) is 36.7. The van der Waals surface area contributed by atoms with Gasteiger partial charge in [0.1, 0.15) is 0 Å². The molecule has 0 aromatic heterocycles. The summed E-state index contributed by atoms with van der Waals surface area (Å²) in [4.78, 5) is 2.35. The van der Waals surface area contributed by atoms with Gasteiger partial charge in [-0.05, 0) is 149 Å². The summed E-state index contributed by atoms with van der Waals surface area (Å²) >= 11 is 0. The molecule has 7 aromatic rings. The number of rotatable bonds is 7. The second kappa shape index (κ2) is 14.5. The van der Waals surface area contributed by atoms with Crippen molar-refractivity contribution >= 4 is 45.6 Å². The summed E-state index contributed by atoms with van der Waals surface area (Å²) in [6.45, 7) is 9.92. The molecule has 3 heteroatoms. The van der Waals surface area contributed by atoms with Crippen molar-refractivity contribution in [3.8, 4) is 11.1 Å². The number of allylic oxidation sites excluding steroid dienone is 6. The number of nitrogens with zero attached hydrogens (tertiary/aromatic N) is 1. The summed E-state index contributed by atoms with van der Waals surface area (Å²) in [5.41, 5.74) is 14.5. The first-order valence-electron chi connectivity index (χ1n) is 22.5. The Morgan fingerprint density at radius 1 is 0.603 bits per heavy atom. The zero-order chi connectivity index (χ0) is 43.3. The molecule has 2 N–H and O–H groups in total. The van der Waals surface area contributed by atoms with Gasteiger partial charge in [-0.3, -0.25) is 0 Å². The first kappa shape index (κ1) is 39.3. The Bertz CT molecular complexity index is 3010. The van der Waals surface area contributed by atoms with Gasteiger partial charge in [-0.25, -0.2) is 0 Å². The molecule has 0 saturated heterocycles. The van der Waals surface area contributed by atoms with Gasteiger partial charge in [-0.1, -0.05) is 159 Å². The minimum atomic E-state index is -1.29. The fraction of sp³-hybridized carbons (Fsp3) is 0.200. The van der Waals surface area contributed by atoms with E-state index < -0.39 is 16.6 Å². The highest BCUT2D eigenvalue weighted by Gasteiger charge is 2.52. The summed E-state index contributed by atoms with van der Waals surface area (Å²) in [5.74, 6) is 0.187. The van der Waals surface area contributed by atoms with Crippen LogP contribution in [-0.4, -0.2) is 10.2 Å². The molecule has 63 heavy (non-hydrogen) atoms. The van der Waals surface area contributed by atoms with E-state index in [1.165, 1.54) is 60.9 Å². The van der Waals surface area contributed by atoms with E-state index in [4.69, 9.17) is 0 Å². The zero-order valence-corrected chi connectivity index (χ0v) is 36.7. The molecular weight excluding hydrogens is 767 g/mol. The molecular formula is C60H53NO2. The van der Waals surface area contributed by atoms with Crippen LogP contribution in [0, 0.1) is 11.8 Å². The average molecular weight is 820 g/mol. The number of para-hydroxylation sites is 2. The van der Waals surface area contributed by atoms with Crippen LogP contribution in [0.3, 0.4) is 0 Å². The fourth-order valence-corrected chi connectivity index (χ4v) is 11.6. The monoisotopic (exact) mass is 819 g/mol. The van der Waals surface area contributed by atoms with E-state index in [0.29, 0.717) is 0 Å². The Balaban J connectivity index is 1.20. The Morgan fingerprint density at radius 2 is 1.19 bits per heavy atom. The van der Waals surface area contributed by atoms with Crippen LogP contribution >= 0.6 is 0 Å². The largest absolute Gasteiger partial charge is 0.386 e. The first-order chi connectivity index (χ1) is 30.5. The van der Waals surface area contributed by atoms with Crippen molar-refractivity contribution in [2.45, 2.75) is 64.1 Å². The Hall–Kier alpha value is -6.52. The maximum Gasteiger partial charge on any atom is 0.0861 e. The van der Waals surface area contributed by atoms with Crippen LogP contribution in [0.2, 0.25) is 0 Å². The molecule has 0 spiro atoms. The lowest BCUT2D eigenvalue weighted by Crippen LogP contribution is -2.45. The molecule has 2 atom stereocenters. The van der Waals surface area contributed by atoms with Crippen LogP contribution in [0.15, 0.2) is 170 Å². The molecule has 1 aliphatic heterocycles. The molecule has 0 saturated carbocycles. The Kier molecular flexibility index (Phi) is 9.07. The van der Waals surface area contributed by atoms with Gasteiger partial charge in [0.2, 0.25) is 0 Å². The third kappa shape index (κ3) is 6.01. The van der Waals surface area contributed by atoms with E-state index >= 15 is 0 Å². The highest BCUT2D eigenvalue weighted by atomic mass is 16.3.